The predicted octanol–water partition coefficient (Wildman–Crippen LogP) is 3.85. The maximum Gasteiger partial charge on any atom is 0.228 e. The summed E-state index contributed by atoms with van der Waals surface area (Å²) in [5, 5.41) is 16.6. The normalized spacial score (nSPS) is 19.1. The van der Waals surface area contributed by atoms with E-state index >= 15 is 0 Å². The molecule has 1 fully saturated rings. The lowest BCUT2D eigenvalue weighted by atomic mass is 9.85. The largest absolute Gasteiger partial charge is 0.310 e. The number of carbonyl (C=O) groups excluding carboxylic acids is 1. The fraction of sp³-hybridized carbons (Fsp3) is 0.476. The molecule has 7 nitrogen and oxygen atoms in total. The number of aryl methyl sites for hydroxylation is 1. The Bertz CT molecular complexity index is 1050. The molecular formula is C21H24F2N6OS. The number of halogens is 2. The maximum absolute atomic E-state index is 12.7. The molecule has 1 aliphatic carbocycles. The Hall–Kier alpha value is -2.59. The molecule has 3 heterocycles. The van der Waals surface area contributed by atoms with E-state index < -0.39 is 19.4 Å². The molecule has 1 aliphatic rings. The second-order valence-electron chi connectivity index (χ2n) is 7.82. The Morgan fingerprint density at radius 1 is 1.13 bits per heavy atom. The first-order valence-electron chi connectivity index (χ1n) is 10.3. The standard InChI is InChI=1S/C21H24F2N6OS/c1-12-28-29-21(31-12)15-6-14-7-19(25-11-18(14)24-10-15)27-20(30)13-2-4-16(5-3-13)26-17(8-22)9-23/h6-7,10-11,13,16-17,26H,2-5,8-9H2,1H3,(H,25,27,30). The zero-order chi connectivity index (χ0) is 21.8. The van der Waals surface area contributed by atoms with Gasteiger partial charge >= 0.3 is 0 Å². The van der Waals surface area contributed by atoms with Crippen LogP contribution < -0.4 is 10.6 Å². The van der Waals surface area contributed by atoms with Gasteiger partial charge in [0.2, 0.25) is 5.91 Å². The average Bonchev–Trinajstić information content (AvgIpc) is 3.23. The Kier molecular flexibility index (Phi) is 6.77. The molecule has 2 N–H and O–H groups in total. The van der Waals surface area contributed by atoms with Crippen LogP contribution in [-0.2, 0) is 4.79 Å². The Labute approximate surface area is 182 Å². The van der Waals surface area contributed by atoms with Gasteiger partial charge in [-0.15, -0.1) is 10.2 Å². The number of hydrogen-bond donors (Lipinski definition) is 2. The fourth-order valence-corrected chi connectivity index (χ4v) is 4.52. The van der Waals surface area contributed by atoms with Gasteiger partial charge in [0.25, 0.3) is 0 Å². The minimum atomic E-state index is -0.750. The van der Waals surface area contributed by atoms with E-state index in [4.69, 9.17) is 0 Å². The van der Waals surface area contributed by atoms with Gasteiger partial charge in [-0.3, -0.25) is 9.78 Å². The second-order valence-corrected chi connectivity index (χ2v) is 9.00. The van der Waals surface area contributed by atoms with E-state index in [0.29, 0.717) is 31.5 Å². The second kappa shape index (κ2) is 9.69. The number of nitrogens with one attached hydrogen (secondary N) is 2. The molecule has 3 aromatic rings. The number of anilines is 1. The van der Waals surface area contributed by atoms with Crippen LogP contribution in [0.15, 0.2) is 24.5 Å². The summed E-state index contributed by atoms with van der Waals surface area (Å²) in [6.45, 7) is 0.455. The highest BCUT2D eigenvalue weighted by Crippen LogP contribution is 2.28. The minimum Gasteiger partial charge on any atom is -0.310 e. The summed E-state index contributed by atoms with van der Waals surface area (Å²) in [5.74, 6) is 0.250. The smallest absolute Gasteiger partial charge is 0.228 e. The number of hydrogen-bond acceptors (Lipinski definition) is 7. The fourth-order valence-electron chi connectivity index (χ4n) is 3.84. The lowest BCUT2D eigenvalue weighted by molar-refractivity contribution is -0.120. The van der Waals surface area contributed by atoms with E-state index in [1.54, 1.807) is 18.5 Å². The first-order chi connectivity index (χ1) is 15.1. The van der Waals surface area contributed by atoms with Crippen LogP contribution in [0.1, 0.15) is 30.7 Å². The number of carbonyl (C=O) groups is 1. The van der Waals surface area contributed by atoms with Gasteiger partial charge in [-0.05, 0) is 44.7 Å². The summed E-state index contributed by atoms with van der Waals surface area (Å²) in [5.41, 5.74) is 1.59. The highest BCUT2D eigenvalue weighted by molar-refractivity contribution is 7.14. The molecule has 0 aromatic carbocycles. The third kappa shape index (κ3) is 5.19. The van der Waals surface area contributed by atoms with Crippen molar-refractivity contribution in [1.82, 2.24) is 25.5 Å². The summed E-state index contributed by atoms with van der Waals surface area (Å²) < 4.78 is 25.4. The van der Waals surface area contributed by atoms with E-state index in [1.807, 2.05) is 13.0 Å². The molecule has 4 rings (SSSR count). The van der Waals surface area contributed by atoms with Crippen LogP contribution in [0.2, 0.25) is 0 Å². The lowest BCUT2D eigenvalue weighted by Gasteiger charge is -2.30. The third-order valence-corrected chi connectivity index (χ3v) is 6.42. The number of aromatic nitrogens is 4. The molecule has 0 radical (unpaired) electrons. The highest BCUT2D eigenvalue weighted by atomic mass is 32.1. The van der Waals surface area contributed by atoms with Crippen LogP contribution in [0, 0.1) is 12.8 Å². The van der Waals surface area contributed by atoms with Gasteiger partial charge in [-0.25, -0.2) is 13.8 Å². The first kappa shape index (κ1) is 21.6. The van der Waals surface area contributed by atoms with E-state index in [0.717, 1.165) is 26.5 Å². The van der Waals surface area contributed by atoms with Crippen molar-refractivity contribution in [3.63, 3.8) is 0 Å². The van der Waals surface area contributed by atoms with Gasteiger partial charge in [0.15, 0.2) is 0 Å². The number of pyridine rings is 2. The zero-order valence-corrected chi connectivity index (χ0v) is 18.0. The molecule has 0 saturated heterocycles. The molecule has 0 atom stereocenters. The first-order valence-corrected chi connectivity index (χ1v) is 11.1. The molecule has 1 saturated carbocycles. The van der Waals surface area contributed by atoms with E-state index in [1.165, 1.54) is 11.3 Å². The van der Waals surface area contributed by atoms with Crippen LogP contribution in [0.5, 0.6) is 0 Å². The van der Waals surface area contributed by atoms with Crippen molar-refractivity contribution < 1.29 is 13.6 Å². The van der Waals surface area contributed by atoms with E-state index in [9.17, 15) is 13.6 Å². The number of nitrogens with zero attached hydrogens (tertiary/aromatic N) is 4. The molecule has 3 aromatic heterocycles. The number of fused-ring (bicyclic) bond motifs is 1. The zero-order valence-electron chi connectivity index (χ0n) is 17.1. The van der Waals surface area contributed by atoms with Crippen molar-refractivity contribution in [2.45, 2.75) is 44.7 Å². The van der Waals surface area contributed by atoms with Crippen LogP contribution in [0.25, 0.3) is 21.5 Å². The van der Waals surface area contributed by atoms with Gasteiger partial charge < -0.3 is 10.6 Å². The molecule has 164 valence electrons. The SMILES string of the molecule is Cc1nnc(-c2cnc3cnc(NC(=O)C4CCC(NC(CF)CF)CC4)cc3c2)s1. The minimum absolute atomic E-state index is 0.0489. The van der Waals surface area contributed by atoms with Gasteiger partial charge in [-0.1, -0.05) is 11.3 Å². The number of amides is 1. The molecule has 1 amide bonds. The number of alkyl halides is 2. The average molecular weight is 447 g/mol. The summed E-state index contributed by atoms with van der Waals surface area (Å²) in [7, 11) is 0. The van der Waals surface area contributed by atoms with Crippen molar-refractivity contribution in [3.05, 3.63) is 29.5 Å². The molecule has 0 unspecified atom stereocenters. The van der Waals surface area contributed by atoms with Gasteiger partial charge in [0.1, 0.15) is 29.2 Å². The Balaban J connectivity index is 1.39. The Morgan fingerprint density at radius 3 is 2.58 bits per heavy atom. The molecule has 0 bridgehead atoms. The van der Waals surface area contributed by atoms with Crippen LogP contribution in [-0.4, -0.2) is 51.5 Å². The number of rotatable bonds is 7. The van der Waals surface area contributed by atoms with Crippen LogP contribution in [0.4, 0.5) is 14.6 Å². The quantitative estimate of drug-likeness (QED) is 0.573. The van der Waals surface area contributed by atoms with Crippen molar-refractivity contribution in [2.24, 2.45) is 5.92 Å². The van der Waals surface area contributed by atoms with Crippen molar-refractivity contribution >= 4 is 34.0 Å². The van der Waals surface area contributed by atoms with Crippen LogP contribution >= 0.6 is 11.3 Å². The highest BCUT2D eigenvalue weighted by Gasteiger charge is 2.27. The summed E-state index contributed by atoms with van der Waals surface area (Å²) in [6, 6.07) is 3.06. The van der Waals surface area contributed by atoms with Crippen LogP contribution in [0.3, 0.4) is 0 Å². The van der Waals surface area contributed by atoms with E-state index in [-0.39, 0.29) is 17.9 Å². The molecule has 0 aliphatic heterocycles. The summed E-state index contributed by atoms with van der Waals surface area (Å²) in [6.07, 6.45) is 6.15. The monoisotopic (exact) mass is 446 g/mol. The molecular weight excluding hydrogens is 422 g/mol. The van der Waals surface area contributed by atoms with Crippen molar-refractivity contribution in [2.75, 3.05) is 18.7 Å². The van der Waals surface area contributed by atoms with E-state index in [2.05, 4.69) is 30.8 Å². The third-order valence-electron chi connectivity index (χ3n) is 5.53. The summed E-state index contributed by atoms with van der Waals surface area (Å²) >= 11 is 1.50. The summed E-state index contributed by atoms with van der Waals surface area (Å²) in [4.78, 5) is 21.4. The molecule has 10 heteroatoms. The maximum atomic E-state index is 12.7. The topological polar surface area (TPSA) is 92.7 Å². The van der Waals surface area contributed by atoms with Crippen molar-refractivity contribution in [3.8, 4) is 10.6 Å². The van der Waals surface area contributed by atoms with Gasteiger partial charge in [-0.2, -0.15) is 0 Å². The molecule has 0 spiro atoms. The lowest BCUT2D eigenvalue weighted by Crippen LogP contribution is -2.44. The predicted molar refractivity (Wildman–Crippen MR) is 116 cm³/mol. The van der Waals surface area contributed by atoms with Gasteiger partial charge in [0.05, 0.1) is 17.8 Å². The Morgan fingerprint density at radius 2 is 1.90 bits per heavy atom. The molecule has 31 heavy (non-hydrogen) atoms. The van der Waals surface area contributed by atoms with Crippen molar-refractivity contribution in [1.29, 1.82) is 0 Å². The van der Waals surface area contributed by atoms with Gasteiger partial charge in [0, 0.05) is 29.1 Å².